The van der Waals surface area contributed by atoms with Crippen molar-refractivity contribution in [2.24, 2.45) is 0 Å². The monoisotopic (exact) mass is 175 g/mol. The molecule has 0 aliphatic rings. The third-order valence-electron chi connectivity index (χ3n) is 1.59. The highest BCUT2D eigenvalue weighted by Crippen LogP contribution is 2.12. The molecular weight excluding hydrogens is 164 g/mol. The Balaban J connectivity index is 2.74. The number of carbonyl (C=O) groups is 1. The van der Waals surface area contributed by atoms with E-state index in [1.165, 1.54) is 0 Å². The predicted molar refractivity (Wildman–Crippen MR) is 50.9 cm³/mol. The van der Waals surface area contributed by atoms with Gasteiger partial charge in [0.05, 0.1) is 12.2 Å². The fourth-order valence-electron chi connectivity index (χ4n) is 0.924. The molecule has 67 valence electrons. The predicted octanol–water partition coefficient (Wildman–Crippen LogP) is 2.06. The van der Waals surface area contributed by atoms with E-state index in [9.17, 15) is 4.79 Å². The quantitative estimate of drug-likeness (QED) is 0.519. The average molecular weight is 175 g/mol. The Kier molecular flexibility index (Phi) is 3.26. The number of hydrogen-bond acceptors (Lipinski definition) is 2. The van der Waals surface area contributed by atoms with Crippen LogP contribution in [0.15, 0.2) is 30.8 Å². The van der Waals surface area contributed by atoms with E-state index < -0.39 is 0 Å². The van der Waals surface area contributed by atoms with Crippen LogP contribution in [0.4, 0.5) is 0 Å². The summed E-state index contributed by atoms with van der Waals surface area (Å²) < 4.78 is 4.81. The first-order valence-corrected chi connectivity index (χ1v) is 4.08. The Bertz CT molecular complexity index is 301. The van der Waals surface area contributed by atoms with E-state index in [4.69, 9.17) is 4.74 Å². The van der Waals surface area contributed by atoms with E-state index in [2.05, 4.69) is 12.6 Å². The van der Waals surface area contributed by atoms with Gasteiger partial charge in [-0.05, 0) is 18.6 Å². The highest BCUT2D eigenvalue weighted by Gasteiger charge is 2.08. The van der Waals surface area contributed by atoms with E-state index in [0.717, 1.165) is 5.56 Å². The van der Waals surface area contributed by atoms with E-state index in [-0.39, 0.29) is 5.97 Å². The molecule has 0 aliphatic carbocycles. The van der Waals surface area contributed by atoms with Crippen molar-refractivity contribution in [3.05, 3.63) is 42.5 Å². The van der Waals surface area contributed by atoms with E-state index >= 15 is 0 Å². The van der Waals surface area contributed by atoms with Gasteiger partial charge < -0.3 is 4.74 Å². The van der Waals surface area contributed by atoms with Gasteiger partial charge in [-0.2, -0.15) is 0 Å². The van der Waals surface area contributed by atoms with Crippen molar-refractivity contribution >= 4 is 11.5 Å². The molecule has 1 aromatic carbocycles. The second kappa shape index (κ2) is 4.45. The van der Waals surface area contributed by atoms with Crippen molar-refractivity contribution in [2.45, 2.75) is 6.92 Å². The fraction of sp³-hybridized carbons (Fsp3) is 0.182. The number of hydrogen-bond donors (Lipinski definition) is 0. The number of carbonyl (C=O) groups excluding carboxylic acids is 1. The van der Waals surface area contributed by atoms with Crippen molar-refractivity contribution in [1.82, 2.24) is 0 Å². The lowest BCUT2D eigenvalue weighted by molar-refractivity contribution is -0.136. The highest BCUT2D eigenvalue weighted by atomic mass is 16.5. The first-order chi connectivity index (χ1) is 6.25. The summed E-state index contributed by atoms with van der Waals surface area (Å²) in [6.07, 6.45) is 0. The minimum absolute atomic E-state index is 0.367. The normalized spacial score (nSPS) is 9.31. The second-order valence-electron chi connectivity index (χ2n) is 2.49. The molecule has 0 N–H and O–H groups in total. The van der Waals surface area contributed by atoms with Crippen LogP contribution in [0.3, 0.4) is 0 Å². The summed E-state index contributed by atoms with van der Waals surface area (Å²) in [6, 6.07) is 9.89. The first-order valence-electron chi connectivity index (χ1n) is 4.08. The molecule has 0 unspecified atom stereocenters. The van der Waals surface area contributed by atoms with Crippen molar-refractivity contribution in [1.29, 1.82) is 0 Å². The van der Waals surface area contributed by atoms with Crippen LogP contribution >= 0.6 is 0 Å². The Labute approximate surface area is 77.8 Å². The Hall–Kier alpha value is -1.57. The second-order valence-corrected chi connectivity index (χ2v) is 2.49. The summed E-state index contributed by atoms with van der Waals surface area (Å²) in [6.45, 7) is 5.79. The summed E-state index contributed by atoms with van der Waals surface area (Å²) in [5.74, 6) is -0.367. The molecule has 0 saturated carbocycles. The van der Waals surface area contributed by atoms with Gasteiger partial charge in [0.15, 0.2) is 0 Å². The lowest BCUT2D eigenvalue weighted by atomic mass is 10.1. The van der Waals surface area contributed by atoms with Gasteiger partial charge >= 0.3 is 5.97 Å². The summed E-state index contributed by atoms with van der Waals surface area (Å²) >= 11 is 0. The zero-order chi connectivity index (χ0) is 9.68. The van der Waals surface area contributed by atoms with E-state index in [1.807, 2.05) is 0 Å². The van der Waals surface area contributed by atoms with Crippen LogP contribution in [-0.4, -0.2) is 12.6 Å². The molecule has 0 bridgehead atoms. The van der Waals surface area contributed by atoms with Crippen LogP contribution in [0.5, 0.6) is 0 Å². The van der Waals surface area contributed by atoms with Crippen LogP contribution in [0, 0.1) is 6.07 Å². The molecule has 1 rings (SSSR count). The summed E-state index contributed by atoms with van der Waals surface area (Å²) in [4.78, 5) is 11.2. The summed E-state index contributed by atoms with van der Waals surface area (Å²) in [5.41, 5.74) is 1.16. The van der Waals surface area contributed by atoms with Crippen molar-refractivity contribution in [3.8, 4) is 0 Å². The molecule has 2 nitrogen and oxygen atoms in total. The van der Waals surface area contributed by atoms with E-state index in [0.29, 0.717) is 12.2 Å². The topological polar surface area (TPSA) is 26.3 Å². The van der Waals surface area contributed by atoms with Crippen LogP contribution < -0.4 is 0 Å². The van der Waals surface area contributed by atoms with Crippen molar-refractivity contribution in [2.75, 3.05) is 6.61 Å². The highest BCUT2D eigenvalue weighted by molar-refractivity contribution is 6.15. The van der Waals surface area contributed by atoms with E-state index in [1.54, 1.807) is 31.2 Å². The van der Waals surface area contributed by atoms with Gasteiger partial charge in [0, 0.05) is 0 Å². The molecule has 2 heteroatoms. The molecule has 0 atom stereocenters. The molecule has 0 aromatic heterocycles. The molecule has 0 spiro atoms. The molecule has 0 heterocycles. The summed E-state index contributed by atoms with van der Waals surface area (Å²) in [5, 5.41) is 0. The first kappa shape index (κ1) is 9.52. The third-order valence-corrected chi connectivity index (χ3v) is 1.59. The third kappa shape index (κ3) is 2.44. The zero-order valence-electron chi connectivity index (χ0n) is 7.54. The summed E-state index contributed by atoms with van der Waals surface area (Å²) in [7, 11) is 0. The molecule has 0 aliphatic heterocycles. The van der Waals surface area contributed by atoms with Gasteiger partial charge in [0.1, 0.15) is 0 Å². The maximum Gasteiger partial charge on any atom is 0.338 e. The Morgan fingerprint density at radius 1 is 1.54 bits per heavy atom. The minimum Gasteiger partial charge on any atom is -0.462 e. The molecule has 13 heavy (non-hydrogen) atoms. The standard InChI is InChI=1S/C11H11O2/c1-3-13-11(12)9(2)10-7-5-4-6-8-10/h5-8H,2-3H2,1H3. The minimum atomic E-state index is -0.367. The van der Waals surface area contributed by atoms with Gasteiger partial charge in [-0.1, -0.05) is 30.8 Å². The maximum atomic E-state index is 11.2. The molecule has 0 amide bonds. The molecule has 0 saturated heterocycles. The fourth-order valence-corrected chi connectivity index (χ4v) is 0.924. The number of rotatable bonds is 3. The molecular formula is C11H11O2. The van der Waals surface area contributed by atoms with Crippen LogP contribution in [0.1, 0.15) is 12.5 Å². The van der Waals surface area contributed by atoms with Gasteiger partial charge in [-0.3, -0.25) is 0 Å². The largest absolute Gasteiger partial charge is 0.462 e. The lowest BCUT2D eigenvalue weighted by Gasteiger charge is -2.04. The zero-order valence-corrected chi connectivity index (χ0v) is 7.54. The average Bonchev–Trinajstić information content (AvgIpc) is 2.18. The SMILES string of the molecule is C=C(C(=O)OCC)c1cc[c]cc1. The van der Waals surface area contributed by atoms with Crippen LogP contribution in [-0.2, 0) is 9.53 Å². The van der Waals surface area contributed by atoms with Gasteiger partial charge in [0.2, 0.25) is 0 Å². The van der Waals surface area contributed by atoms with Crippen LogP contribution in [0.25, 0.3) is 5.57 Å². The Morgan fingerprint density at radius 3 is 2.69 bits per heavy atom. The molecule has 1 aromatic rings. The molecule has 1 radical (unpaired) electrons. The molecule has 0 fully saturated rings. The van der Waals surface area contributed by atoms with Crippen LogP contribution in [0.2, 0.25) is 0 Å². The number of benzene rings is 1. The number of esters is 1. The van der Waals surface area contributed by atoms with Crippen molar-refractivity contribution < 1.29 is 9.53 Å². The van der Waals surface area contributed by atoms with Gasteiger partial charge in [-0.25, -0.2) is 4.79 Å². The lowest BCUT2D eigenvalue weighted by Crippen LogP contribution is -2.05. The Morgan fingerprint density at radius 2 is 2.15 bits per heavy atom. The number of ether oxygens (including phenoxy) is 1. The van der Waals surface area contributed by atoms with Crippen molar-refractivity contribution in [3.63, 3.8) is 0 Å². The maximum absolute atomic E-state index is 11.2. The van der Waals surface area contributed by atoms with Gasteiger partial charge in [0.25, 0.3) is 0 Å². The van der Waals surface area contributed by atoms with Gasteiger partial charge in [-0.15, -0.1) is 0 Å². The smallest absolute Gasteiger partial charge is 0.338 e.